The van der Waals surface area contributed by atoms with Crippen LogP contribution in [0.5, 0.6) is 0 Å². The minimum Gasteiger partial charge on any atom is -0.287 e. The van der Waals surface area contributed by atoms with Gasteiger partial charge in [0.05, 0.1) is 11.2 Å². The number of nitrogens with zero attached hydrogens (tertiary/aromatic N) is 3. The summed E-state index contributed by atoms with van der Waals surface area (Å²) in [5.74, 6) is 1.40. The van der Waals surface area contributed by atoms with Crippen molar-refractivity contribution in [1.29, 1.82) is 0 Å². The van der Waals surface area contributed by atoms with Crippen LogP contribution in [0.4, 0.5) is 0 Å². The number of benzene rings is 1. The first-order valence-corrected chi connectivity index (χ1v) is 9.36. The van der Waals surface area contributed by atoms with Crippen LogP contribution in [0.3, 0.4) is 0 Å². The first-order valence-electron chi connectivity index (χ1n) is 8.98. The number of rotatable bonds is 2. The van der Waals surface area contributed by atoms with Crippen molar-refractivity contribution >= 4 is 22.8 Å². The Morgan fingerprint density at radius 2 is 1.88 bits per heavy atom. The number of halogens is 1. The second kappa shape index (κ2) is 5.46. The first-order chi connectivity index (χ1) is 12.1. The van der Waals surface area contributed by atoms with Gasteiger partial charge in [-0.05, 0) is 62.3 Å². The summed E-state index contributed by atoms with van der Waals surface area (Å²) in [5, 5.41) is 0.415. The van der Waals surface area contributed by atoms with Gasteiger partial charge < -0.3 is 0 Å². The van der Waals surface area contributed by atoms with Crippen LogP contribution in [0.1, 0.15) is 37.3 Å². The summed E-state index contributed by atoms with van der Waals surface area (Å²) < 4.78 is 3.70. The highest BCUT2D eigenvalue weighted by molar-refractivity contribution is 6.29. The summed E-state index contributed by atoms with van der Waals surface area (Å²) >= 11 is 6.15. The maximum absolute atomic E-state index is 13.4. The molecule has 1 aromatic carbocycles. The van der Waals surface area contributed by atoms with Crippen LogP contribution >= 0.6 is 11.6 Å². The van der Waals surface area contributed by atoms with E-state index in [0.717, 1.165) is 23.5 Å². The quantitative estimate of drug-likeness (QED) is 0.636. The summed E-state index contributed by atoms with van der Waals surface area (Å²) in [5.41, 5.74) is 3.57. The van der Waals surface area contributed by atoms with Crippen LogP contribution in [0.2, 0.25) is 5.15 Å². The van der Waals surface area contributed by atoms with E-state index < -0.39 is 0 Å². The Balaban J connectivity index is 1.77. The van der Waals surface area contributed by atoms with Crippen LogP contribution in [0.25, 0.3) is 16.9 Å². The smallest absolute Gasteiger partial charge is 0.287 e. The zero-order valence-electron chi connectivity index (χ0n) is 14.2. The lowest BCUT2D eigenvalue weighted by Crippen LogP contribution is -2.29. The molecule has 128 valence electrons. The Morgan fingerprint density at radius 1 is 1.08 bits per heavy atom. The monoisotopic (exact) mass is 353 g/mol. The lowest BCUT2D eigenvalue weighted by Gasteiger charge is -2.22. The van der Waals surface area contributed by atoms with Crippen molar-refractivity contribution in [2.45, 2.75) is 38.6 Å². The van der Waals surface area contributed by atoms with Crippen molar-refractivity contribution in [3.05, 3.63) is 57.6 Å². The molecule has 0 radical (unpaired) electrons. The summed E-state index contributed by atoms with van der Waals surface area (Å²) in [6.07, 6.45) is 4.92. The van der Waals surface area contributed by atoms with E-state index in [4.69, 9.17) is 11.6 Å². The Morgan fingerprint density at radius 3 is 2.56 bits per heavy atom. The second-order valence-electron chi connectivity index (χ2n) is 7.54. The highest BCUT2D eigenvalue weighted by atomic mass is 35.5. The number of aromatic nitrogens is 3. The molecule has 2 heterocycles. The van der Waals surface area contributed by atoms with Crippen LogP contribution < -0.4 is 5.69 Å². The maximum Gasteiger partial charge on any atom is 0.335 e. The standard InChI is InChI=1S/C20H20ClN3O/c1-12-2-6-15(7-3-12)23-19-16(8-9-18(21)22-19)24(20(23)25)17-11-13-4-5-14(17)10-13/h2-3,6-9,13-14,17H,4-5,10-11H2,1H3/t13-,14-,17?/m0/s1. The Bertz CT molecular complexity index is 1020. The molecule has 2 aromatic heterocycles. The molecule has 0 aliphatic heterocycles. The molecule has 25 heavy (non-hydrogen) atoms. The molecule has 2 aliphatic carbocycles. The van der Waals surface area contributed by atoms with Crippen molar-refractivity contribution in [2.24, 2.45) is 11.8 Å². The van der Waals surface area contributed by atoms with Gasteiger partial charge in [-0.25, -0.2) is 14.3 Å². The van der Waals surface area contributed by atoms with E-state index in [9.17, 15) is 4.79 Å². The predicted molar refractivity (Wildman–Crippen MR) is 99.6 cm³/mol. The molecule has 3 aromatic rings. The van der Waals surface area contributed by atoms with Gasteiger partial charge in [0.25, 0.3) is 0 Å². The Labute approximate surface area is 151 Å². The molecule has 2 fully saturated rings. The van der Waals surface area contributed by atoms with E-state index >= 15 is 0 Å². The third-order valence-electron chi connectivity index (χ3n) is 6.01. The van der Waals surface area contributed by atoms with Crippen LogP contribution in [-0.4, -0.2) is 14.1 Å². The van der Waals surface area contributed by atoms with Gasteiger partial charge in [-0.3, -0.25) is 4.57 Å². The maximum atomic E-state index is 13.4. The molecule has 4 nitrogen and oxygen atoms in total. The summed E-state index contributed by atoms with van der Waals surface area (Å²) in [7, 11) is 0. The summed E-state index contributed by atoms with van der Waals surface area (Å²) in [6.45, 7) is 2.04. The van der Waals surface area contributed by atoms with Gasteiger partial charge in [-0.2, -0.15) is 0 Å². The molecule has 1 unspecified atom stereocenters. The first kappa shape index (κ1) is 15.2. The average Bonchev–Trinajstić information content (AvgIpc) is 3.28. The van der Waals surface area contributed by atoms with Crippen molar-refractivity contribution in [3.63, 3.8) is 0 Å². The summed E-state index contributed by atoms with van der Waals surface area (Å²) in [6, 6.07) is 12.0. The number of hydrogen-bond donors (Lipinski definition) is 0. The molecule has 0 amide bonds. The molecule has 2 bridgehead atoms. The van der Waals surface area contributed by atoms with Gasteiger partial charge >= 0.3 is 5.69 Å². The van der Waals surface area contributed by atoms with Crippen molar-refractivity contribution < 1.29 is 0 Å². The van der Waals surface area contributed by atoms with E-state index in [0.29, 0.717) is 22.8 Å². The van der Waals surface area contributed by atoms with Crippen LogP contribution in [-0.2, 0) is 0 Å². The predicted octanol–water partition coefficient (Wildman–Crippen LogP) is 4.51. The number of imidazole rings is 1. The van der Waals surface area contributed by atoms with Crippen LogP contribution in [0.15, 0.2) is 41.2 Å². The fourth-order valence-corrected chi connectivity index (χ4v) is 4.99. The van der Waals surface area contributed by atoms with Crippen molar-refractivity contribution in [2.75, 3.05) is 0 Å². The molecule has 2 aliphatic rings. The van der Waals surface area contributed by atoms with E-state index in [1.165, 1.54) is 24.8 Å². The van der Waals surface area contributed by atoms with Crippen molar-refractivity contribution in [1.82, 2.24) is 14.1 Å². The molecular weight excluding hydrogens is 334 g/mol. The fraction of sp³-hybridized carbons (Fsp3) is 0.400. The largest absolute Gasteiger partial charge is 0.335 e. The normalized spacial score (nSPS) is 25.1. The van der Waals surface area contributed by atoms with Gasteiger partial charge in [0.2, 0.25) is 0 Å². The third-order valence-corrected chi connectivity index (χ3v) is 6.22. The molecule has 3 atom stereocenters. The van der Waals surface area contributed by atoms with E-state index in [1.54, 1.807) is 10.6 Å². The van der Waals surface area contributed by atoms with Gasteiger partial charge in [0.15, 0.2) is 5.65 Å². The van der Waals surface area contributed by atoms with Gasteiger partial charge in [-0.1, -0.05) is 35.7 Å². The molecule has 0 N–H and O–H groups in total. The number of hydrogen-bond acceptors (Lipinski definition) is 2. The highest BCUT2D eigenvalue weighted by Gasteiger charge is 2.42. The third kappa shape index (κ3) is 2.27. The minimum atomic E-state index is 0.00571. The zero-order valence-corrected chi connectivity index (χ0v) is 14.9. The van der Waals surface area contributed by atoms with Gasteiger partial charge in [0.1, 0.15) is 5.15 Å². The SMILES string of the molecule is Cc1ccc(-n2c(=O)n(C3C[C@H]4CC[C@H]3C4)c3ccc(Cl)nc32)cc1. The summed E-state index contributed by atoms with van der Waals surface area (Å²) in [4.78, 5) is 17.9. The number of aryl methyl sites for hydroxylation is 1. The Hall–Kier alpha value is -2.07. The van der Waals surface area contributed by atoms with Crippen molar-refractivity contribution in [3.8, 4) is 5.69 Å². The highest BCUT2D eigenvalue weighted by Crippen LogP contribution is 2.50. The van der Waals surface area contributed by atoms with E-state index in [2.05, 4.69) is 4.98 Å². The van der Waals surface area contributed by atoms with E-state index in [-0.39, 0.29) is 5.69 Å². The Kier molecular flexibility index (Phi) is 3.32. The molecule has 5 heteroatoms. The van der Waals surface area contributed by atoms with E-state index in [1.807, 2.05) is 41.8 Å². The fourth-order valence-electron chi connectivity index (χ4n) is 4.85. The molecule has 0 spiro atoms. The average molecular weight is 354 g/mol. The lowest BCUT2D eigenvalue weighted by molar-refractivity contribution is 0.329. The topological polar surface area (TPSA) is 39.8 Å². The molecular formula is C20H20ClN3O. The zero-order chi connectivity index (χ0) is 17.1. The lowest BCUT2D eigenvalue weighted by atomic mass is 9.95. The molecule has 5 rings (SSSR count). The number of pyridine rings is 1. The van der Waals surface area contributed by atoms with Gasteiger partial charge in [-0.15, -0.1) is 0 Å². The second-order valence-corrected chi connectivity index (χ2v) is 7.93. The minimum absolute atomic E-state index is 0.00571. The molecule has 2 saturated carbocycles. The number of fused-ring (bicyclic) bond motifs is 3. The van der Waals surface area contributed by atoms with Crippen LogP contribution in [0, 0.1) is 18.8 Å². The van der Waals surface area contributed by atoms with Gasteiger partial charge in [0, 0.05) is 6.04 Å². The molecule has 0 saturated heterocycles.